The molecule has 0 bridgehead atoms. The molecule has 0 fully saturated rings. The van der Waals surface area contributed by atoms with E-state index in [-0.39, 0.29) is 12.2 Å². The largest absolute Gasteiger partial charge is 0.497 e. The van der Waals surface area contributed by atoms with Crippen molar-refractivity contribution in [3.63, 3.8) is 0 Å². The minimum Gasteiger partial charge on any atom is -0.497 e. The lowest BCUT2D eigenvalue weighted by atomic mass is 10.2. The summed E-state index contributed by atoms with van der Waals surface area (Å²) in [4.78, 5) is 23.4. The van der Waals surface area contributed by atoms with Gasteiger partial charge in [0.2, 0.25) is 0 Å². The molecule has 0 aliphatic rings. The van der Waals surface area contributed by atoms with Crippen LogP contribution >= 0.6 is 0 Å². The van der Waals surface area contributed by atoms with E-state index in [0.29, 0.717) is 11.4 Å². The summed E-state index contributed by atoms with van der Waals surface area (Å²) in [6, 6.07) is 5.64. The molecule has 0 aliphatic carbocycles. The first-order valence-corrected chi connectivity index (χ1v) is 6.27. The van der Waals surface area contributed by atoms with Gasteiger partial charge in [-0.15, -0.1) is 0 Å². The van der Waals surface area contributed by atoms with Crippen molar-refractivity contribution in [3.05, 3.63) is 56.6 Å². The van der Waals surface area contributed by atoms with Crippen molar-refractivity contribution < 1.29 is 9.13 Å². The van der Waals surface area contributed by atoms with Gasteiger partial charge in [-0.05, 0) is 12.1 Å². The smallest absolute Gasteiger partial charge is 0.330 e. The Labute approximate surface area is 120 Å². The van der Waals surface area contributed by atoms with E-state index in [1.165, 1.54) is 43.0 Å². The van der Waals surface area contributed by atoms with Gasteiger partial charge < -0.3 is 10.1 Å². The zero-order valence-corrected chi connectivity index (χ0v) is 12.0. The summed E-state index contributed by atoms with van der Waals surface area (Å²) in [5.74, 6) is 0.0707. The molecule has 7 heteroatoms. The number of benzene rings is 1. The third-order valence-electron chi connectivity index (χ3n) is 3.26. The fourth-order valence-corrected chi connectivity index (χ4v) is 1.90. The molecule has 6 nitrogen and oxygen atoms in total. The number of anilines is 1. The minimum atomic E-state index is -0.440. The molecule has 0 spiro atoms. The van der Waals surface area contributed by atoms with Crippen LogP contribution in [-0.2, 0) is 20.6 Å². The summed E-state index contributed by atoms with van der Waals surface area (Å²) >= 11 is 0. The van der Waals surface area contributed by atoms with Crippen molar-refractivity contribution in [1.29, 1.82) is 0 Å². The Morgan fingerprint density at radius 2 is 1.90 bits per heavy atom. The van der Waals surface area contributed by atoms with Gasteiger partial charge in [0.1, 0.15) is 11.6 Å². The maximum atomic E-state index is 13.7. The monoisotopic (exact) mass is 293 g/mol. The standard InChI is InChI=1S/C14H16FN3O3/c1-17-9(6-13(19)18(2)14(17)20)8-16-12-7-10(21-3)4-5-11(12)15/h4-7,16H,8H2,1-3H3. The first kappa shape index (κ1) is 14.8. The van der Waals surface area contributed by atoms with E-state index < -0.39 is 17.1 Å². The number of rotatable bonds is 4. The van der Waals surface area contributed by atoms with Crippen LogP contribution in [0.1, 0.15) is 5.69 Å². The van der Waals surface area contributed by atoms with Crippen molar-refractivity contribution in [2.75, 3.05) is 12.4 Å². The van der Waals surface area contributed by atoms with Gasteiger partial charge in [0, 0.05) is 31.9 Å². The second-order valence-corrected chi connectivity index (χ2v) is 4.57. The molecule has 1 aromatic carbocycles. The lowest BCUT2D eigenvalue weighted by Gasteiger charge is -2.12. The SMILES string of the molecule is COc1ccc(F)c(NCc2cc(=O)n(C)c(=O)n2C)c1. The van der Waals surface area contributed by atoms with E-state index in [9.17, 15) is 14.0 Å². The van der Waals surface area contributed by atoms with Gasteiger partial charge in [-0.3, -0.25) is 13.9 Å². The topological polar surface area (TPSA) is 65.3 Å². The molecule has 0 atom stereocenters. The van der Waals surface area contributed by atoms with Crippen LogP contribution in [0.4, 0.5) is 10.1 Å². The van der Waals surface area contributed by atoms with Crippen LogP contribution in [0, 0.1) is 5.82 Å². The van der Waals surface area contributed by atoms with E-state index in [4.69, 9.17) is 4.74 Å². The molecule has 0 aliphatic heterocycles. The highest BCUT2D eigenvalue weighted by Gasteiger charge is 2.08. The van der Waals surface area contributed by atoms with Crippen molar-refractivity contribution >= 4 is 5.69 Å². The van der Waals surface area contributed by atoms with Crippen LogP contribution in [0.5, 0.6) is 5.75 Å². The minimum absolute atomic E-state index is 0.145. The highest BCUT2D eigenvalue weighted by Crippen LogP contribution is 2.21. The maximum Gasteiger partial charge on any atom is 0.330 e. The predicted molar refractivity (Wildman–Crippen MR) is 77.2 cm³/mol. The molecule has 2 rings (SSSR count). The summed E-state index contributed by atoms with van der Waals surface area (Å²) in [7, 11) is 4.45. The van der Waals surface area contributed by atoms with Crippen LogP contribution in [0.2, 0.25) is 0 Å². The van der Waals surface area contributed by atoms with Gasteiger partial charge in [-0.1, -0.05) is 0 Å². The summed E-state index contributed by atoms with van der Waals surface area (Å²) < 4.78 is 21.1. The van der Waals surface area contributed by atoms with E-state index in [2.05, 4.69) is 5.32 Å². The van der Waals surface area contributed by atoms with Crippen molar-refractivity contribution in [1.82, 2.24) is 9.13 Å². The second-order valence-electron chi connectivity index (χ2n) is 4.57. The summed E-state index contributed by atoms with van der Waals surface area (Å²) in [5.41, 5.74) is -0.126. The average Bonchev–Trinajstić information content (AvgIpc) is 2.49. The number of halogens is 1. The van der Waals surface area contributed by atoms with Crippen LogP contribution in [0.25, 0.3) is 0 Å². The molecular weight excluding hydrogens is 277 g/mol. The first-order valence-electron chi connectivity index (χ1n) is 6.27. The molecule has 112 valence electrons. The van der Waals surface area contributed by atoms with Crippen LogP contribution in [0.3, 0.4) is 0 Å². The number of methoxy groups -OCH3 is 1. The van der Waals surface area contributed by atoms with Crippen LogP contribution in [-0.4, -0.2) is 16.2 Å². The highest BCUT2D eigenvalue weighted by atomic mass is 19.1. The Balaban J connectivity index is 2.29. The highest BCUT2D eigenvalue weighted by molar-refractivity contribution is 5.49. The van der Waals surface area contributed by atoms with Gasteiger partial charge in [-0.25, -0.2) is 9.18 Å². The second kappa shape index (κ2) is 5.82. The Bertz CT molecular complexity index is 780. The molecule has 1 N–H and O–H groups in total. The van der Waals surface area contributed by atoms with Crippen LogP contribution in [0.15, 0.2) is 33.9 Å². The normalized spacial score (nSPS) is 10.5. The summed E-state index contributed by atoms with van der Waals surface area (Å²) in [6.07, 6.45) is 0. The molecule has 0 amide bonds. The zero-order valence-electron chi connectivity index (χ0n) is 12.0. The maximum absolute atomic E-state index is 13.7. The average molecular weight is 293 g/mol. The molecule has 1 aromatic heterocycles. The molecule has 2 aromatic rings. The number of hydrogen-bond acceptors (Lipinski definition) is 4. The molecular formula is C14H16FN3O3. The van der Waals surface area contributed by atoms with E-state index in [0.717, 1.165) is 4.57 Å². The molecule has 0 saturated carbocycles. The van der Waals surface area contributed by atoms with Crippen LogP contribution < -0.4 is 21.3 Å². The van der Waals surface area contributed by atoms with Crippen molar-refractivity contribution in [3.8, 4) is 5.75 Å². The number of ether oxygens (including phenoxy) is 1. The fourth-order valence-electron chi connectivity index (χ4n) is 1.90. The number of nitrogens with zero attached hydrogens (tertiary/aromatic N) is 2. The molecule has 0 unspecified atom stereocenters. The molecule has 0 radical (unpaired) electrons. The first-order chi connectivity index (χ1) is 9.93. The zero-order chi connectivity index (χ0) is 15.6. The van der Waals surface area contributed by atoms with Gasteiger partial charge in [-0.2, -0.15) is 0 Å². The number of nitrogens with one attached hydrogen (secondary N) is 1. The summed E-state index contributed by atoms with van der Waals surface area (Å²) in [6.45, 7) is 0.145. The van der Waals surface area contributed by atoms with Gasteiger partial charge >= 0.3 is 5.69 Å². The van der Waals surface area contributed by atoms with Gasteiger partial charge in [0.25, 0.3) is 5.56 Å². The Kier molecular flexibility index (Phi) is 4.11. The van der Waals surface area contributed by atoms with Crippen molar-refractivity contribution in [2.24, 2.45) is 14.1 Å². The van der Waals surface area contributed by atoms with E-state index >= 15 is 0 Å². The summed E-state index contributed by atoms with van der Waals surface area (Å²) in [5, 5.41) is 2.86. The Morgan fingerprint density at radius 1 is 1.19 bits per heavy atom. The number of hydrogen-bond donors (Lipinski definition) is 1. The van der Waals surface area contributed by atoms with Gasteiger partial charge in [0.05, 0.1) is 19.3 Å². The fraction of sp³-hybridized carbons (Fsp3) is 0.286. The molecule has 1 heterocycles. The van der Waals surface area contributed by atoms with E-state index in [1.807, 2.05) is 0 Å². The Morgan fingerprint density at radius 3 is 2.57 bits per heavy atom. The molecule has 21 heavy (non-hydrogen) atoms. The predicted octanol–water partition coefficient (Wildman–Crippen LogP) is 0.844. The molecule has 0 saturated heterocycles. The van der Waals surface area contributed by atoms with Crippen molar-refractivity contribution in [2.45, 2.75) is 6.54 Å². The third-order valence-corrected chi connectivity index (χ3v) is 3.26. The number of aromatic nitrogens is 2. The Hall–Kier alpha value is -2.57. The van der Waals surface area contributed by atoms with E-state index in [1.54, 1.807) is 7.05 Å². The third kappa shape index (κ3) is 2.96. The lowest BCUT2D eigenvalue weighted by Crippen LogP contribution is -2.38. The quantitative estimate of drug-likeness (QED) is 0.907. The van der Waals surface area contributed by atoms with Gasteiger partial charge in [0.15, 0.2) is 0 Å². The lowest BCUT2D eigenvalue weighted by molar-refractivity contribution is 0.414.